The van der Waals surface area contributed by atoms with Crippen molar-refractivity contribution in [3.8, 4) is 0 Å². The van der Waals surface area contributed by atoms with Crippen LogP contribution in [0.3, 0.4) is 0 Å². The monoisotopic (exact) mass is 293 g/mol. The molecule has 2 rings (SSSR count). The summed E-state index contributed by atoms with van der Waals surface area (Å²) < 4.78 is 9.05. The molecule has 1 aliphatic rings. The number of nitrogens with one attached hydrogen (secondary N) is 1. The molecule has 21 heavy (non-hydrogen) atoms. The summed E-state index contributed by atoms with van der Waals surface area (Å²) in [6, 6.07) is 6.33. The highest BCUT2D eigenvalue weighted by Crippen LogP contribution is 2.10. The zero-order valence-corrected chi connectivity index (χ0v) is 11.7. The fourth-order valence-corrected chi connectivity index (χ4v) is 1.57. The van der Waals surface area contributed by atoms with Gasteiger partial charge in [-0.25, -0.2) is 9.59 Å². The molecule has 0 aliphatic carbocycles. The van der Waals surface area contributed by atoms with Crippen LogP contribution in [0.15, 0.2) is 24.3 Å². The zero-order chi connectivity index (χ0) is 15.8. The maximum absolute atomic E-state index is 11.2. The van der Waals surface area contributed by atoms with E-state index in [0.717, 1.165) is 0 Å². The Labute approximate surface area is 121 Å². The van der Waals surface area contributed by atoms with E-state index in [-0.39, 0.29) is 22.9 Å². The Morgan fingerprint density at radius 1 is 0.905 bits per heavy atom. The summed E-state index contributed by atoms with van der Waals surface area (Å²) in [6.45, 7) is 0. The molecule has 0 spiro atoms. The Kier molecular flexibility index (Phi) is 6.06. The van der Waals surface area contributed by atoms with Gasteiger partial charge in [-0.15, -0.1) is 0 Å². The molecule has 2 amide bonds. The molecule has 0 bridgehead atoms. The van der Waals surface area contributed by atoms with Gasteiger partial charge in [0.15, 0.2) is 0 Å². The van der Waals surface area contributed by atoms with Crippen molar-refractivity contribution in [2.45, 2.75) is 12.8 Å². The molecule has 112 valence electrons. The summed E-state index contributed by atoms with van der Waals surface area (Å²) in [5.74, 6) is -1.40. The van der Waals surface area contributed by atoms with Crippen LogP contribution in [0.2, 0.25) is 0 Å². The van der Waals surface area contributed by atoms with Crippen molar-refractivity contribution in [3.05, 3.63) is 35.4 Å². The quantitative estimate of drug-likeness (QED) is 0.636. The molecule has 0 radical (unpaired) electrons. The summed E-state index contributed by atoms with van der Waals surface area (Å²) in [4.78, 5) is 42.7. The smallest absolute Gasteiger partial charge is 0.338 e. The lowest BCUT2D eigenvalue weighted by atomic mass is 10.1. The van der Waals surface area contributed by atoms with Crippen LogP contribution < -0.4 is 5.32 Å². The first-order chi connectivity index (χ1) is 9.99. The molecule has 1 aromatic carbocycles. The molecule has 7 heteroatoms. The SMILES string of the molecule is COC(=O)c1ccccc1C(=O)OC.O=C1CCC(=O)N1. The number of methoxy groups -OCH3 is 2. The third kappa shape index (κ3) is 4.72. The number of esters is 2. The lowest BCUT2D eigenvalue weighted by Gasteiger charge is -2.04. The molecule has 7 nitrogen and oxygen atoms in total. The van der Waals surface area contributed by atoms with Gasteiger partial charge in [-0.1, -0.05) is 12.1 Å². The van der Waals surface area contributed by atoms with Crippen molar-refractivity contribution in [2.75, 3.05) is 14.2 Å². The van der Waals surface area contributed by atoms with Gasteiger partial charge < -0.3 is 9.47 Å². The molecule has 1 aliphatic heterocycles. The fraction of sp³-hybridized carbons (Fsp3) is 0.286. The Morgan fingerprint density at radius 3 is 1.52 bits per heavy atom. The number of ether oxygens (including phenoxy) is 2. The van der Waals surface area contributed by atoms with Gasteiger partial charge in [0, 0.05) is 12.8 Å². The first kappa shape index (κ1) is 16.4. The van der Waals surface area contributed by atoms with Crippen molar-refractivity contribution < 1.29 is 28.7 Å². The fourth-order valence-electron chi connectivity index (χ4n) is 1.57. The summed E-state index contributed by atoms with van der Waals surface area (Å²) >= 11 is 0. The van der Waals surface area contributed by atoms with Crippen molar-refractivity contribution in [1.29, 1.82) is 0 Å². The molecule has 1 fully saturated rings. The largest absolute Gasteiger partial charge is 0.465 e. The highest BCUT2D eigenvalue weighted by atomic mass is 16.5. The summed E-state index contributed by atoms with van der Waals surface area (Å²) in [7, 11) is 2.52. The average Bonchev–Trinajstić information content (AvgIpc) is 2.89. The van der Waals surface area contributed by atoms with E-state index in [2.05, 4.69) is 14.8 Å². The molecular formula is C14H15NO6. The standard InChI is InChI=1S/C10H10O4.C4H5NO2/c1-13-9(11)7-5-3-4-6-8(7)10(12)14-2;6-3-1-2-4(7)5-3/h3-6H,1-2H3;1-2H2,(H,5,6,7). The molecule has 1 heterocycles. The maximum atomic E-state index is 11.2. The van der Waals surface area contributed by atoms with Crippen LogP contribution in [0.25, 0.3) is 0 Å². The van der Waals surface area contributed by atoms with E-state index in [1.165, 1.54) is 26.4 Å². The number of benzene rings is 1. The number of rotatable bonds is 2. The van der Waals surface area contributed by atoms with Crippen LogP contribution in [0.1, 0.15) is 33.6 Å². The second kappa shape index (κ2) is 7.78. The third-order valence-corrected chi connectivity index (χ3v) is 2.60. The lowest BCUT2D eigenvalue weighted by molar-refractivity contribution is -0.124. The van der Waals surface area contributed by atoms with Crippen LogP contribution in [0.4, 0.5) is 0 Å². The third-order valence-electron chi connectivity index (χ3n) is 2.60. The van der Waals surface area contributed by atoms with Crippen molar-refractivity contribution in [1.82, 2.24) is 5.32 Å². The van der Waals surface area contributed by atoms with Gasteiger partial charge >= 0.3 is 11.9 Å². The number of hydrogen-bond donors (Lipinski definition) is 1. The number of imide groups is 1. The van der Waals surface area contributed by atoms with Crippen molar-refractivity contribution in [2.24, 2.45) is 0 Å². The van der Waals surface area contributed by atoms with Gasteiger partial charge in [0.2, 0.25) is 11.8 Å². The number of carbonyl (C=O) groups is 4. The van der Waals surface area contributed by atoms with Gasteiger partial charge in [-0.05, 0) is 12.1 Å². The van der Waals surface area contributed by atoms with Crippen LogP contribution in [-0.4, -0.2) is 38.0 Å². The van der Waals surface area contributed by atoms with Crippen LogP contribution >= 0.6 is 0 Å². The van der Waals surface area contributed by atoms with E-state index in [4.69, 9.17) is 0 Å². The predicted molar refractivity (Wildman–Crippen MR) is 71.5 cm³/mol. The normalized spacial score (nSPS) is 12.9. The minimum absolute atomic E-state index is 0.148. The Hall–Kier alpha value is -2.70. The van der Waals surface area contributed by atoms with Crippen molar-refractivity contribution >= 4 is 23.8 Å². The van der Waals surface area contributed by atoms with E-state index in [0.29, 0.717) is 12.8 Å². The predicted octanol–water partition coefficient (Wildman–Crippen LogP) is 0.683. The maximum Gasteiger partial charge on any atom is 0.338 e. The molecule has 0 unspecified atom stereocenters. The van der Waals surface area contributed by atoms with Gasteiger partial charge in [0.25, 0.3) is 0 Å². The molecule has 0 atom stereocenters. The Morgan fingerprint density at radius 2 is 1.29 bits per heavy atom. The average molecular weight is 293 g/mol. The van der Waals surface area contributed by atoms with E-state index in [1.807, 2.05) is 0 Å². The number of hydrogen-bond acceptors (Lipinski definition) is 6. The van der Waals surface area contributed by atoms with Gasteiger partial charge in [0.05, 0.1) is 25.3 Å². The molecular weight excluding hydrogens is 278 g/mol. The molecule has 0 saturated carbocycles. The molecule has 1 aromatic rings. The highest BCUT2D eigenvalue weighted by Gasteiger charge is 2.17. The minimum atomic E-state index is -0.550. The van der Waals surface area contributed by atoms with E-state index in [9.17, 15) is 19.2 Å². The van der Waals surface area contributed by atoms with Gasteiger partial charge in [-0.2, -0.15) is 0 Å². The topological polar surface area (TPSA) is 98.8 Å². The first-order valence-corrected chi connectivity index (χ1v) is 6.08. The highest BCUT2D eigenvalue weighted by molar-refractivity contribution is 6.03. The summed E-state index contributed by atoms with van der Waals surface area (Å²) in [6.07, 6.45) is 0.748. The second-order valence-corrected chi connectivity index (χ2v) is 4.00. The Balaban J connectivity index is 0.000000262. The van der Waals surface area contributed by atoms with Crippen LogP contribution in [0.5, 0.6) is 0 Å². The zero-order valence-electron chi connectivity index (χ0n) is 11.7. The molecule has 1 saturated heterocycles. The van der Waals surface area contributed by atoms with E-state index in [1.54, 1.807) is 12.1 Å². The van der Waals surface area contributed by atoms with Crippen molar-refractivity contribution in [3.63, 3.8) is 0 Å². The summed E-state index contributed by atoms with van der Waals surface area (Å²) in [5.41, 5.74) is 0.420. The second-order valence-electron chi connectivity index (χ2n) is 4.00. The molecule has 0 aromatic heterocycles. The number of carbonyl (C=O) groups excluding carboxylic acids is 4. The van der Waals surface area contributed by atoms with Gasteiger partial charge in [-0.3, -0.25) is 14.9 Å². The lowest BCUT2D eigenvalue weighted by Crippen LogP contribution is -2.18. The Bertz CT molecular complexity index is 517. The van der Waals surface area contributed by atoms with E-state index < -0.39 is 11.9 Å². The van der Waals surface area contributed by atoms with E-state index >= 15 is 0 Å². The van der Waals surface area contributed by atoms with Crippen LogP contribution in [-0.2, 0) is 19.1 Å². The number of amides is 2. The first-order valence-electron chi connectivity index (χ1n) is 6.08. The minimum Gasteiger partial charge on any atom is -0.465 e. The molecule has 1 N–H and O–H groups in total. The summed E-state index contributed by atoms with van der Waals surface area (Å²) in [5, 5.41) is 2.14. The van der Waals surface area contributed by atoms with Gasteiger partial charge in [0.1, 0.15) is 0 Å². The van der Waals surface area contributed by atoms with Crippen LogP contribution in [0, 0.1) is 0 Å².